The maximum Gasteiger partial charge on any atom is 0.262 e. The number of carbonyl (C=O) groups excluding carboxylic acids is 1. The second kappa shape index (κ2) is 9.02. The van der Waals surface area contributed by atoms with Gasteiger partial charge in [-0.3, -0.25) is 18.9 Å². The van der Waals surface area contributed by atoms with Gasteiger partial charge in [-0.2, -0.15) is 0 Å². The molecule has 0 radical (unpaired) electrons. The van der Waals surface area contributed by atoms with E-state index in [-0.39, 0.29) is 17.4 Å². The lowest BCUT2D eigenvalue weighted by atomic mass is 10.1. The number of hydrogen-bond acceptors (Lipinski definition) is 6. The molecule has 31 heavy (non-hydrogen) atoms. The smallest absolute Gasteiger partial charge is 0.262 e. The van der Waals surface area contributed by atoms with Crippen LogP contribution in [0.1, 0.15) is 37.2 Å². The van der Waals surface area contributed by atoms with Gasteiger partial charge in [0.1, 0.15) is 0 Å². The Labute approximate surface area is 189 Å². The molecule has 0 aliphatic heterocycles. The van der Waals surface area contributed by atoms with Gasteiger partial charge in [0.2, 0.25) is 10.0 Å². The van der Waals surface area contributed by atoms with Crippen LogP contribution in [0, 0.1) is 0 Å². The number of benzene rings is 2. The van der Waals surface area contributed by atoms with Crippen molar-refractivity contribution >= 4 is 55.8 Å². The average Bonchev–Trinajstić information content (AvgIpc) is 2.66. The van der Waals surface area contributed by atoms with Gasteiger partial charge in [0, 0.05) is 22.3 Å². The van der Waals surface area contributed by atoms with Crippen LogP contribution < -0.4 is 10.3 Å². The first kappa shape index (κ1) is 23.3. The highest BCUT2D eigenvalue weighted by Crippen LogP contribution is 2.28. The number of carbonyl (C=O) groups is 1. The number of halogens is 1. The highest BCUT2D eigenvalue weighted by molar-refractivity contribution is 8.00. The SMILES string of the molecule is CC(Sc1nc2cc(Cl)ccc2c(=O)n1C(C)C)C(=O)c1ccc(NS(C)(=O)=O)cc1. The molecule has 1 heterocycles. The fraction of sp³-hybridized carbons (Fsp3) is 0.286. The van der Waals surface area contributed by atoms with Gasteiger partial charge in [0.15, 0.2) is 10.9 Å². The van der Waals surface area contributed by atoms with Crippen LogP contribution in [0.3, 0.4) is 0 Å². The second-order valence-corrected chi connectivity index (χ2v) is 10.9. The van der Waals surface area contributed by atoms with Crippen molar-refractivity contribution < 1.29 is 13.2 Å². The van der Waals surface area contributed by atoms with Gasteiger partial charge >= 0.3 is 0 Å². The number of anilines is 1. The lowest BCUT2D eigenvalue weighted by Gasteiger charge is -2.18. The number of rotatable bonds is 7. The molecule has 3 rings (SSSR count). The zero-order chi connectivity index (χ0) is 22.9. The Hall–Kier alpha value is -2.36. The van der Waals surface area contributed by atoms with Crippen LogP contribution in [0.25, 0.3) is 10.9 Å². The number of nitrogens with one attached hydrogen (secondary N) is 1. The van der Waals surface area contributed by atoms with Crippen LogP contribution in [0.2, 0.25) is 5.02 Å². The van der Waals surface area contributed by atoms with E-state index in [1.54, 1.807) is 41.8 Å². The summed E-state index contributed by atoms with van der Waals surface area (Å²) in [7, 11) is -3.39. The Morgan fingerprint density at radius 1 is 1.13 bits per heavy atom. The van der Waals surface area contributed by atoms with Crippen molar-refractivity contribution in [1.29, 1.82) is 0 Å². The Balaban J connectivity index is 1.91. The van der Waals surface area contributed by atoms with Gasteiger partial charge in [-0.25, -0.2) is 13.4 Å². The molecule has 1 unspecified atom stereocenters. The van der Waals surface area contributed by atoms with E-state index in [4.69, 9.17) is 11.6 Å². The molecule has 0 aliphatic rings. The highest BCUT2D eigenvalue weighted by atomic mass is 35.5. The number of hydrogen-bond donors (Lipinski definition) is 1. The molecule has 0 saturated carbocycles. The van der Waals surface area contributed by atoms with Crippen molar-refractivity contribution in [2.45, 2.75) is 37.2 Å². The highest BCUT2D eigenvalue weighted by Gasteiger charge is 2.22. The van der Waals surface area contributed by atoms with E-state index >= 15 is 0 Å². The molecule has 164 valence electrons. The summed E-state index contributed by atoms with van der Waals surface area (Å²) in [5, 5.41) is 0.855. The van der Waals surface area contributed by atoms with E-state index in [0.29, 0.717) is 32.3 Å². The summed E-state index contributed by atoms with van der Waals surface area (Å²) in [6, 6.07) is 11.0. The maximum absolute atomic E-state index is 13.0. The summed E-state index contributed by atoms with van der Waals surface area (Å²) < 4.78 is 26.6. The molecular weight excluding hydrogens is 458 g/mol. The Morgan fingerprint density at radius 3 is 2.35 bits per heavy atom. The van der Waals surface area contributed by atoms with Crippen molar-refractivity contribution in [3.8, 4) is 0 Å². The molecule has 0 saturated heterocycles. The van der Waals surface area contributed by atoms with Crippen molar-refractivity contribution in [3.05, 3.63) is 63.4 Å². The monoisotopic (exact) mass is 479 g/mol. The van der Waals surface area contributed by atoms with Gasteiger partial charge in [0.05, 0.1) is 22.4 Å². The molecule has 3 aromatic rings. The summed E-state index contributed by atoms with van der Waals surface area (Å²) in [4.78, 5) is 30.5. The number of nitrogens with zero attached hydrogens (tertiary/aromatic N) is 2. The first-order valence-corrected chi connectivity index (χ1v) is 12.6. The van der Waals surface area contributed by atoms with Crippen LogP contribution in [-0.2, 0) is 10.0 Å². The molecule has 0 aliphatic carbocycles. The third-order valence-electron chi connectivity index (χ3n) is 4.47. The summed E-state index contributed by atoms with van der Waals surface area (Å²) in [5.74, 6) is -0.161. The Morgan fingerprint density at radius 2 is 1.77 bits per heavy atom. The number of fused-ring (bicyclic) bond motifs is 1. The van der Waals surface area contributed by atoms with Gasteiger partial charge in [-0.05, 0) is 63.2 Å². The molecule has 1 aromatic heterocycles. The van der Waals surface area contributed by atoms with E-state index in [1.165, 1.54) is 23.9 Å². The molecule has 0 amide bonds. The predicted octanol–water partition coefficient (Wildman–Crippen LogP) is 4.37. The molecule has 1 atom stereocenters. The maximum atomic E-state index is 13.0. The molecule has 2 aromatic carbocycles. The number of aromatic nitrogens is 2. The summed E-state index contributed by atoms with van der Waals surface area (Å²) in [6.45, 7) is 5.51. The molecule has 1 N–H and O–H groups in total. The molecule has 0 bridgehead atoms. The number of ketones is 1. The topological polar surface area (TPSA) is 98.1 Å². The first-order chi connectivity index (χ1) is 14.5. The lowest BCUT2D eigenvalue weighted by molar-refractivity contribution is 0.0994. The van der Waals surface area contributed by atoms with E-state index in [9.17, 15) is 18.0 Å². The minimum atomic E-state index is -3.39. The molecule has 0 fully saturated rings. The van der Waals surface area contributed by atoms with E-state index < -0.39 is 15.3 Å². The predicted molar refractivity (Wildman–Crippen MR) is 126 cm³/mol. The number of sulfonamides is 1. The van der Waals surface area contributed by atoms with E-state index in [2.05, 4.69) is 9.71 Å². The standard InChI is InChI=1S/C21H22ClN3O4S2/c1-12(2)25-20(27)17-10-7-15(22)11-18(17)23-21(25)30-13(3)19(26)14-5-8-16(9-6-14)24-31(4,28)29/h5-13,24H,1-4H3. The second-order valence-electron chi connectivity index (χ2n) is 7.40. The molecular formula is C21H22ClN3O4S2. The normalized spacial score (nSPS) is 12.8. The van der Waals surface area contributed by atoms with Crippen LogP contribution >= 0.6 is 23.4 Å². The van der Waals surface area contributed by atoms with Crippen LogP contribution in [0.15, 0.2) is 52.4 Å². The Kier molecular flexibility index (Phi) is 6.78. The zero-order valence-corrected chi connectivity index (χ0v) is 19.8. The molecule has 7 nitrogen and oxygen atoms in total. The molecule has 10 heteroatoms. The van der Waals surface area contributed by atoms with Gasteiger partial charge in [0.25, 0.3) is 5.56 Å². The third kappa shape index (κ3) is 5.47. The van der Waals surface area contributed by atoms with Crippen molar-refractivity contribution in [2.24, 2.45) is 0 Å². The van der Waals surface area contributed by atoms with Crippen LogP contribution in [-0.4, -0.2) is 35.3 Å². The van der Waals surface area contributed by atoms with Gasteiger partial charge in [-0.1, -0.05) is 23.4 Å². The quantitative estimate of drug-likeness (QED) is 0.307. The summed E-state index contributed by atoms with van der Waals surface area (Å²) >= 11 is 7.26. The third-order valence-corrected chi connectivity index (χ3v) is 6.38. The van der Waals surface area contributed by atoms with E-state index in [0.717, 1.165) is 6.26 Å². The molecule has 0 spiro atoms. The number of Topliss-reactive ketones (excluding diaryl/α,β-unsaturated/α-hetero) is 1. The minimum absolute atomic E-state index is 0.147. The largest absolute Gasteiger partial charge is 0.293 e. The zero-order valence-electron chi connectivity index (χ0n) is 17.4. The van der Waals surface area contributed by atoms with Crippen LogP contribution in [0.5, 0.6) is 0 Å². The fourth-order valence-corrected chi connectivity index (χ4v) is 4.90. The summed E-state index contributed by atoms with van der Waals surface area (Å²) in [6.07, 6.45) is 1.06. The van der Waals surface area contributed by atoms with Crippen molar-refractivity contribution in [2.75, 3.05) is 11.0 Å². The van der Waals surface area contributed by atoms with Crippen LogP contribution in [0.4, 0.5) is 5.69 Å². The van der Waals surface area contributed by atoms with Crippen molar-refractivity contribution in [3.63, 3.8) is 0 Å². The van der Waals surface area contributed by atoms with Crippen molar-refractivity contribution in [1.82, 2.24) is 9.55 Å². The van der Waals surface area contributed by atoms with Gasteiger partial charge in [-0.15, -0.1) is 0 Å². The summed E-state index contributed by atoms with van der Waals surface area (Å²) in [5.41, 5.74) is 1.10. The van der Waals surface area contributed by atoms with E-state index in [1.807, 2.05) is 13.8 Å². The fourth-order valence-electron chi connectivity index (χ4n) is 3.05. The minimum Gasteiger partial charge on any atom is -0.293 e. The van der Waals surface area contributed by atoms with Gasteiger partial charge < -0.3 is 0 Å². The lowest BCUT2D eigenvalue weighted by Crippen LogP contribution is -2.26. The average molecular weight is 480 g/mol. The number of thioether (sulfide) groups is 1. The first-order valence-electron chi connectivity index (χ1n) is 9.47. The Bertz CT molecular complexity index is 1300.